The van der Waals surface area contributed by atoms with Crippen molar-refractivity contribution in [2.24, 2.45) is 16.9 Å². The van der Waals surface area contributed by atoms with Crippen LogP contribution in [0.5, 0.6) is 5.75 Å². The van der Waals surface area contributed by atoms with Crippen LogP contribution in [0.2, 0.25) is 0 Å². The molecular formula is C15H19N3OS. The standard InChI is InChI=1S/C15H19N3OS/c19-13-5-2-10(3-6-13)9-16-18-15(20)17-14-8-11-1-4-12(14)7-11/h2-3,5-6,9,11-12,14,19H,1,4,7-8H2,(H2,17,18,20)/b16-9-/t11-,12+,14-/m0/s1. The molecule has 3 N–H and O–H groups in total. The zero-order valence-electron chi connectivity index (χ0n) is 11.2. The molecule has 1 aromatic carbocycles. The van der Waals surface area contributed by atoms with Gasteiger partial charge < -0.3 is 10.4 Å². The lowest BCUT2D eigenvalue weighted by molar-refractivity contribution is 0.389. The smallest absolute Gasteiger partial charge is 0.187 e. The van der Waals surface area contributed by atoms with E-state index in [2.05, 4.69) is 15.8 Å². The summed E-state index contributed by atoms with van der Waals surface area (Å²) in [6.45, 7) is 0. The minimum Gasteiger partial charge on any atom is -0.508 e. The predicted molar refractivity (Wildman–Crippen MR) is 83.8 cm³/mol. The number of thiocarbonyl (C=S) groups is 1. The number of fused-ring (bicyclic) bond motifs is 2. The van der Waals surface area contributed by atoms with Crippen molar-refractivity contribution < 1.29 is 5.11 Å². The van der Waals surface area contributed by atoms with Gasteiger partial charge in [0.1, 0.15) is 5.75 Å². The summed E-state index contributed by atoms with van der Waals surface area (Å²) in [6.07, 6.45) is 7.02. The lowest BCUT2D eigenvalue weighted by Gasteiger charge is -2.23. The number of hydrogen-bond donors (Lipinski definition) is 3. The highest BCUT2D eigenvalue weighted by Crippen LogP contribution is 2.44. The molecular weight excluding hydrogens is 270 g/mol. The highest BCUT2D eigenvalue weighted by molar-refractivity contribution is 7.80. The van der Waals surface area contributed by atoms with Crippen molar-refractivity contribution in [1.29, 1.82) is 0 Å². The molecule has 2 saturated carbocycles. The van der Waals surface area contributed by atoms with Crippen molar-refractivity contribution in [3.05, 3.63) is 29.8 Å². The Hall–Kier alpha value is -1.62. The number of nitrogens with zero attached hydrogens (tertiary/aromatic N) is 1. The van der Waals surface area contributed by atoms with Crippen molar-refractivity contribution in [2.45, 2.75) is 31.7 Å². The van der Waals surface area contributed by atoms with Gasteiger partial charge in [-0.25, -0.2) is 0 Å². The largest absolute Gasteiger partial charge is 0.508 e. The van der Waals surface area contributed by atoms with E-state index in [0.717, 1.165) is 17.4 Å². The Morgan fingerprint density at radius 2 is 2.05 bits per heavy atom. The number of benzene rings is 1. The van der Waals surface area contributed by atoms with Gasteiger partial charge in [0.05, 0.1) is 6.21 Å². The first kappa shape index (κ1) is 13.4. The highest BCUT2D eigenvalue weighted by Gasteiger charge is 2.39. The lowest BCUT2D eigenvalue weighted by Crippen LogP contribution is -2.42. The molecule has 1 aromatic rings. The second-order valence-corrected chi connectivity index (χ2v) is 6.12. The fourth-order valence-corrected chi connectivity index (χ4v) is 3.55. The Balaban J connectivity index is 1.46. The van der Waals surface area contributed by atoms with E-state index in [0.29, 0.717) is 11.2 Å². The fraction of sp³-hybridized carbons (Fsp3) is 0.467. The quantitative estimate of drug-likeness (QED) is 0.454. The van der Waals surface area contributed by atoms with Crippen LogP contribution in [0, 0.1) is 11.8 Å². The predicted octanol–water partition coefficient (Wildman–Crippen LogP) is 2.38. The van der Waals surface area contributed by atoms with E-state index in [1.807, 2.05) is 0 Å². The molecule has 3 rings (SSSR count). The van der Waals surface area contributed by atoms with Crippen molar-refractivity contribution in [3.63, 3.8) is 0 Å². The number of phenols is 1. The van der Waals surface area contributed by atoms with Crippen molar-refractivity contribution in [3.8, 4) is 5.75 Å². The first-order chi connectivity index (χ1) is 9.70. The molecule has 2 fully saturated rings. The maximum absolute atomic E-state index is 9.19. The third-order valence-corrected chi connectivity index (χ3v) is 4.54. The molecule has 0 unspecified atom stereocenters. The fourth-order valence-electron chi connectivity index (χ4n) is 3.35. The molecule has 106 valence electrons. The summed E-state index contributed by atoms with van der Waals surface area (Å²) in [5.41, 5.74) is 3.77. The van der Waals surface area contributed by atoms with Gasteiger partial charge in [-0.3, -0.25) is 5.43 Å². The highest BCUT2D eigenvalue weighted by atomic mass is 32.1. The molecule has 0 heterocycles. The van der Waals surface area contributed by atoms with Crippen LogP contribution in [-0.2, 0) is 0 Å². The van der Waals surface area contributed by atoms with Gasteiger partial charge in [0.25, 0.3) is 0 Å². The Kier molecular flexibility index (Phi) is 3.87. The zero-order valence-corrected chi connectivity index (χ0v) is 12.1. The maximum Gasteiger partial charge on any atom is 0.187 e. The molecule has 20 heavy (non-hydrogen) atoms. The summed E-state index contributed by atoms with van der Waals surface area (Å²) in [5, 5.41) is 17.3. The topological polar surface area (TPSA) is 56.7 Å². The Morgan fingerprint density at radius 3 is 2.70 bits per heavy atom. The number of hydrogen-bond acceptors (Lipinski definition) is 3. The Morgan fingerprint density at radius 1 is 1.25 bits per heavy atom. The van der Waals surface area contributed by atoms with Gasteiger partial charge in [0.2, 0.25) is 0 Å². The van der Waals surface area contributed by atoms with Crippen LogP contribution < -0.4 is 10.7 Å². The maximum atomic E-state index is 9.19. The van der Waals surface area contributed by atoms with Gasteiger partial charge in [-0.1, -0.05) is 6.42 Å². The molecule has 3 atom stereocenters. The van der Waals surface area contributed by atoms with Gasteiger partial charge in [-0.2, -0.15) is 5.10 Å². The monoisotopic (exact) mass is 289 g/mol. The van der Waals surface area contributed by atoms with E-state index >= 15 is 0 Å². The van der Waals surface area contributed by atoms with Crippen LogP contribution in [0.4, 0.5) is 0 Å². The minimum absolute atomic E-state index is 0.253. The van der Waals surface area contributed by atoms with Gasteiger partial charge in [-0.05, 0) is 73.1 Å². The number of phenolic OH excluding ortho intramolecular Hbond substituents is 1. The summed E-state index contributed by atoms with van der Waals surface area (Å²) in [5.74, 6) is 1.95. The molecule has 0 spiro atoms. The van der Waals surface area contributed by atoms with Gasteiger partial charge in [-0.15, -0.1) is 0 Å². The summed E-state index contributed by atoms with van der Waals surface area (Å²) in [6, 6.07) is 7.39. The first-order valence-corrected chi connectivity index (χ1v) is 7.50. The molecule has 0 saturated heterocycles. The van der Waals surface area contributed by atoms with Crippen molar-refractivity contribution in [2.75, 3.05) is 0 Å². The van der Waals surface area contributed by atoms with E-state index in [1.54, 1.807) is 30.5 Å². The van der Waals surface area contributed by atoms with E-state index in [9.17, 15) is 5.11 Å². The van der Waals surface area contributed by atoms with Crippen LogP contribution in [-0.4, -0.2) is 22.5 Å². The molecule has 0 aromatic heterocycles. The van der Waals surface area contributed by atoms with Crippen molar-refractivity contribution >= 4 is 23.5 Å². The second-order valence-electron chi connectivity index (χ2n) is 5.72. The summed E-state index contributed by atoms with van der Waals surface area (Å²) >= 11 is 5.27. The average Bonchev–Trinajstić information content (AvgIpc) is 3.03. The second kappa shape index (κ2) is 5.79. The van der Waals surface area contributed by atoms with Crippen molar-refractivity contribution in [1.82, 2.24) is 10.7 Å². The molecule has 4 nitrogen and oxygen atoms in total. The third kappa shape index (κ3) is 3.10. The normalized spacial score (nSPS) is 27.9. The third-order valence-electron chi connectivity index (χ3n) is 4.33. The van der Waals surface area contributed by atoms with Crippen LogP contribution in [0.25, 0.3) is 0 Å². The van der Waals surface area contributed by atoms with Crippen LogP contribution in [0.15, 0.2) is 29.4 Å². The average molecular weight is 289 g/mol. The zero-order chi connectivity index (χ0) is 13.9. The van der Waals surface area contributed by atoms with Crippen LogP contribution in [0.1, 0.15) is 31.2 Å². The molecule has 2 aliphatic carbocycles. The van der Waals surface area contributed by atoms with E-state index in [-0.39, 0.29) is 5.75 Å². The van der Waals surface area contributed by atoms with E-state index in [1.165, 1.54) is 25.7 Å². The molecule has 0 radical (unpaired) electrons. The number of rotatable bonds is 3. The van der Waals surface area contributed by atoms with Gasteiger partial charge >= 0.3 is 0 Å². The molecule has 2 bridgehead atoms. The SMILES string of the molecule is Oc1ccc(/C=N\NC(=S)N[C@H]2C[C@H]3CC[C@@H]2C3)cc1. The molecule has 5 heteroatoms. The Bertz CT molecular complexity index is 514. The first-order valence-electron chi connectivity index (χ1n) is 7.09. The summed E-state index contributed by atoms with van der Waals surface area (Å²) in [7, 11) is 0. The van der Waals surface area contributed by atoms with Crippen LogP contribution in [0.3, 0.4) is 0 Å². The van der Waals surface area contributed by atoms with E-state index in [4.69, 9.17) is 12.2 Å². The number of aromatic hydroxyl groups is 1. The lowest BCUT2D eigenvalue weighted by atomic mass is 9.96. The minimum atomic E-state index is 0.253. The number of nitrogens with one attached hydrogen (secondary N) is 2. The molecule has 0 amide bonds. The molecule has 2 aliphatic rings. The van der Waals surface area contributed by atoms with Gasteiger partial charge in [0.15, 0.2) is 5.11 Å². The summed E-state index contributed by atoms with van der Waals surface area (Å²) < 4.78 is 0. The van der Waals surface area contributed by atoms with E-state index < -0.39 is 0 Å². The van der Waals surface area contributed by atoms with Crippen LogP contribution >= 0.6 is 12.2 Å². The summed E-state index contributed by atoms with van der Waals surface area (Å²) in [4.78, 5) is 0. The molecule has 0 aliphatic heterocycles. The Labute approximate surface area is 124 Å². The van der Waals surface area contributed by atoms with Gasteiger partial charge in [0, 0.05) is 6.04 Å². The number of hydrazone groups is 1.